The number of aromatic amines is 1. The van der Waals surface area contributed by atoms with Gasteiger partial charge >= 0.3 is 0 Å². The molecule has 0 radical (unpaired) electrons. The van der Waals surface area contributed by atoms with Crippen LogP contribution >= 0.6 is 0 Å². The number of rotatable bonds is 3. The lowest BCUT2D eigenvalue weighted by molar-refractivity contribution is 0.0941. The number of fused-ring (bicyclic) bond motifs is 1. The Balaban J connectivity index is 2.35. The van der Waals surface area contributed by atoms with Gasteiger partial charge in [0, 0.05) is 34.7 Å². The van der Waals surface area contributed by atoms with Crippen LogP contribution in [0.3, 0.4) is 0 Å². The van der Waals surface area contributed by atoms with E-state index in [0.29, 0.717) is 12.1 Å². The fraction of sp³-hybridized carbons (Fsp3) is 0.357. The van der Waals surface area contributed by atoms with Gasteiger partial charge < -0.3 is 16.0 Å². The van der Waals surface area contributed by atoms with Crippen molar-refractivity contribution in [3.8, 4) is 0 Å². The highest BCUT2D eigenvalue weighted by atomic mass is 16.1. The molecule has 0 saturated carbocycles. The molecule has 18 heavy (non-hydrogen) atoms. The molecule has 0 aliphatic carbocycles. The van der Waals surface area contributed by atoms with Crippen LogP contribution in [0.1, 0.15) is 28.5 Å². The topological polar surface area (TPSA) is 70.9 Å². The van der Waals surface area contributed by atoms with Gasteiger partial charge in [0.15, 0.2) is 0 Å². The van der Waals surface area contributed by atoms with Crippen LogP contribution in [0.2, 0.25) is 0 Å². The van der Waals surface area contributed by atoms with E-state index in [4.69, 9.17) is 5.73 Å². The molecule has 4 heteroatoms. The van der Waals surface area contributed by atoms with Gasteiger partial charge in [0.05, 0.1) is 0 Å². The summed E-state index contributed by atoms with van der Waals surface area (Å²) in [4.78, 5) is 15.3. The van der Waals surface area contributed by atoms with Gasteiger partial charge in [-0.3, -0.25) is 4.79 Å². The second-order valence-electron chi connectivity index (χ2n) is 4.75. The summed E-state index contributed by atoms with van der Waals surface area (Å²) < 4.78 is 0. The Kier molecular flexibility index (Phi) is 3.39. The SMILES string of the molecule is Cc1[nH]c2ccc(C(=O)NC(C)CN)cc2c1C. The van der Waals surface area contributed by atoms with Crippen molar-refractivity contribution < 1.29 is 4.79 Å². The van der Waals surface area contributed by atoms with Crippen LogP contribution < -0.4 is 11.1 Å². The lowest BCUT2D eigenvalue weighted by atomic mass is 10.1. The zero-order valence-corrected chi connectivity index (χ0v) is 11.0. The van der Waals surface area contributed by atoms with Crippen LogP contribution in [0.25, 0.3) is 10.9 Å². The van der Waals surface area contributed by atoms with E-state index in [1.165, 1.54) is 5.56 Å². The average Bonchev–Trinajstić information content (AvgIpc) is 2.64. The number of nitrogens with two attached hydrogens (primary N) is 1. The molecule has 2 rings (SSSR count). The standard InChI is InChI=1S/C14H19N3O/c1-8(7-15)16-14(18)11-4-5-13-12(6-11)9(2)10(3)17-13/h4-6,8,17H,7,15H2,1-3H3,(H,16,18). The summed E-state index contributed by atoms with van der Waals surface area (Å²) in [6.07, 6.45) is 0. The summed E-state index contributed by atoms with van der Waals surface area (Å²) in [6, 6.07) is 5.68. The summed E-state index contributed by atoms with van der Waals surface area (Å²) >= 11 is 0. The van der Waals surface area contributed by atoms with Crippen LogP contribution in [0, 0.1) is 13.8 Å². The normalized spacial score (nSPS) is 12.7. The third-order valence-corrected chi connectivity index (χ3v) is 3.30. The quantitative estimate of drug-likeness (QED) is 0.772. The molecular weight excluding hydrogens is 226 g/mol. The highest BCUT2D eigenvalue weighted by Crippen LogP contribution is 2.22. The molecule has 4 N–H and O–H groups in total. The highest BCUT2D eigenvalue weighted by Gasteiger charge is 2.11. The van der Waals surface area contributed by atoms with E-state index in [-0.39, 0.29) is 11.9 Å². The van der Waals surface area contributed by atoms with Crippen molar-refractivity contribution in [2.24, 2.45) is 5.73 Å². The molecule has 0 fully saturated rings. The Morgan fingerprint density at radius 3 is 2.83 bits per heavy atom. The number of H-pyrrole nitrogens is 1. The number of carbonyl (C=O) groups excluding carboxylic acids is 1. The van der Waals surface area contributed by atoms with Gasteiger partial charge in [-0.25, -0.2) is 0 Å². The lowest BCUT2D eigenvalue weighted by Crippen LogP contribution is -2.37. The van der Waals surface area contributed by atoms with Gasteiger partial charge in [-0.05, 0) is 44.5 Å². The Morgan fingerprint density at radius 2 is 2.17 bits per heavy atom. The van der Waals surface area contributed by atoms with E-state index < -0.39 is 0 Å². The molecular formula is C14H19N3O. The Bertz CT molecular complexity index is 586. The van der Waals surface area contributed by atoms with Crippen LogP contribution in [0.4, 0.5) is 0 Å². The number of aromatic nitrogens is 1. The predicted molar refractivity (Wildman–Crippen MR) is 73.8 cm³/mol. The van der Waals surface area contributed by atoms with Crippen LogP contribution in [-0.4, -0.2) is 23.5 Å². The van der Waals surface area contributed by atoms with Crippen LogP contribution in [0.15, 0.2) is 18.2 Å². The molecule has 0 spiro atoms. The molecule has 1 aromatic carbocycles. The number of nitrogens with one attached hydrogen (secondary N) is 2. The van der Waals surface area contributed by atoms with Crippen molar-refractivity contribution in [3.63, 3.8) is 0 Å². The molecule has 4 nitrogen and oxygen atoms in total. The molecule has 1 amide bonds. The predicted octanol–water partition coefficient (Wildman–Crippen LogP) is 1.86. The first-order chi connectivity index (χ1) is 8.52. The minimum Gasteiger partial charge on any atom is -0.358 e. The van der Waals surface area contributed by atoms with Crippen molar-refractivity contribution in [3.05, 3.63) is 35.0 Å². The highest BCUT2D eigenvalue weighted by molar-refractivity contribution is 5.99. The van der Waals surface area contributed by atoms with E-state index in [1.807, 2.05) is 32.0 Å². The van der Waals surface area contributed by atoms with Crippen molar-refractivity contribution in [1.29, 1.82) is 0 Å². The van der Waals surface area contributed by atoms with Crippen molar-refractivity contribution in [2.75, 3.05) is 6.54 Å². The van der Waals surface area contributed by atoms with Crippen LogP contribution in [-0.2, 0) is 0 Å². The number of carbonyl (C=O) groups is 1. The Morgan fingerprint density at radius 1 is 1.44 bits per heavy atom. The number of benzene rings is 1. The van der Waals surface area contributed by atoms with Gasteiger partial charge in [-0.2, -0.15) is 0 Å². The third kappa shape index (κ3) is 2.24. The zero-order valence-electron chi connectivity index (χ0n) is 11.0. The molecule has 0 aliphatic heterocycles. The van der Waals surface area contributed by atoms with Gasteiger partial charge in [-0.15, -0.1) is 0 Å². The smallest absolute Gasteiger partial charge is 0.251 e. The molecule has 1 aromatic heterocycles. The molecule has 0 saturated heterocycles. The Labute approximate surface area is 107 Å². The van der Waals surface area contributed by atoms with E-state index in [2.05, 4.69) is 17.2 Å². The van der Waals surface area contributed by atoms with Crippen molar-refractivity contribution >= 4 is 16.8 Å². The second kappa shape index (κ2) is 4.82. The molecule has 1 atom stereocenters. The van der Waals surface area contributed by atoms with Gasteiger partial charge in [0.1, 0.15) is 0 Å². The second-order valence-corrected chi connectivity index (χ2v) is 4.75. The largest absolute Gasteiger partial charge is 0.358 e. The lowest BCUT2D eigenvalue weighted by Gasteiger charge is -2.11. The molecule has 1 heterocycles. The summed E-state index contributed by atoms with van der Waals surface area (Å²) in [5.41, 5.74) is 9.55. The maximum atomic E-state index is 12.0. The average molecular weight is 245 g/mol. The summed E-state index contributed by atoms with van der Waals surface area (Å²) in [6.45, 7) is 6.42. The molecule has 0 bridgehead atoms. The van der Waals surface area contributed by atoms with Gasteiger partial charge in [0.25, 0.3) is 5.91 Å². The molecule has 1 unspecified atom stereocenters. The van der Waals surface area contributed by atoms with E-state index in [1.54, 1.807) is 0 Å². The minimum atomic E-state index is -0.0758. The van der Waals surface area contributed by atoms with E-state index >= 15 is 0 Å². The van der Waals surface area contributed by atoms with E-state index in [0.717, 1.165) is 16.6 Å². The van der Waals surface area contributed by atoms with Gasteiger partial charge in [0.2, 0.25) is 0 Å². The third-order valence-electron chi connectivity index (χ3n) is 3.30. The number of hydrogen-bond donors (Lipinski definition) is 3. The minimum absolute atomic E-state index is 0.0118. The number of hydrogen-bond acceptors (Lipinski definition) is 2. The van der Waals surface area contributed by atoms with E-state index in [9.17, 15) is 4.79 Å². The first-order valence-corrected chi connectivity index (χ1v) is 6.12. The number of amides is 1. The summed E-state index contributed by atoms with van der Waals surface area (Å²) in [5.74, 6) is -0.0758. The Hall–Kier alpha value is -1.81. The maximum Gasteiger partial charge on any atom is 0.251 e. The molecule has 96 valence electrons. The van der Waals surface area contributed by atoms with Gasteiger partial charge in [-0.1, -0.05) is 0 Å². The fourth-order valence-electron chi connectivity index (χ4n) is 1.97. The fourth-order valence-corrected chi connectivity index (χ4v) is 1.97. The first-order valence-electron chi connectivity index (χ1n) is 6.12. The summed E-state index contributed by atoms with van der Waals surface area (Å²) in [5, 5.41) is 3.96. The molecule has 0 aliphatic rings. The van der Waals surface area contributed by atoms with Crippen molar-refractivity contribution in [2.45, 2.75) is 26.8 Å². The first kappa shape index (κ1) is 12.6. The number of aryl methyl sites for hydroxylation is 2. The zero-order chi connectivity index (χ0) is 13.3. The molecule has 2 aromatic rings. The monoisotopic (exact) mass is 245 g/mol. The van der Waals surface area contributed by atoms with Crippen molar-refractivity contribution in [1.82, 2.24) is 10.3 Å². The van der Waals surface area contributed by atoms with Crippen LogP contribution in [0.5, 0.6) is 0 Å². The summed E-state index contributed by atoms with van der Waals surface area (Å²) in [7, 11) is 0. The maximum absolute atomic E-state index is 12.0.